The Morgan fingerprint density at radius 2 is 1.95 bits per heavy atom. The van der Waals surface area contributed by atoms with Crippen LogP contribution in [0.4, 0.5) is 11.8 Å². The lowest BCUT2D eigenvalue weighted by Crippen LogP contribution is -2.25. The van der Waals surface area contributed by atoms with E-state index in [1.807, 2.05) is 7.05 Å². The molecule has 2 aromatic heterocycles. The lowest BCUT2D eigenvalue weighted by Gasteiger charge is -2.19. The molecule has 0 amide bonds. The summed E-state index contributed by atoms with van der Waals surface area (Å²) in [5, 5.41) is 14.6. The van der Waals surface area contributed by atoms with E-state index in [4.69, 9.17) is 0 Å². The van der Waals surface area contributed by atoms with E-state index in [1.165, 1.54) is 25.7 Å². The molecule has 0 radical (unpaired) electrons. The smallest absolute Gasteiger partial charge is 0.226 e. The first-order valence-corrected chi connectivity index (χ1v) is 7.00. The SMILES string of the molecule is CNc1nc(NC(C2CC2)C2CC2)c2cn[nH]c2n1. The zero-order valence-electron chi connectivity index (χ0n) is 11.0. The number of hydrogen-bond acceptors (Lipinski definition) is 5. The zero-order chi connectivity index (χ0) is 12.8. The fraction of sp³-hybridized carbons (Fsp3) is 0.615. The van der Waals surface area contributed by atoms with Crippen molar-refractivity contribution in [2.75, 3.05) is 17.7 Å². The van der Waals surface area contributed by atoms with Gasteiger partial charge in [-0.15, -0.1) is 0 Å². The minimum absolute atomic E-state index is 0.581. The van der Waals surface area contributed by atoms with Crippen LogP contribution in [0.3, 0.4) is 0 Å². The lowest BCUT2D eigenvalue weighted by atomic mass is 10.1. The molecule has 0 aliphatic heterocycles. The van der Waals surface area contributed by atoms with E-state index in [9.17, 15) is 0 Å². The summed E-state index contributed by atoms with van der Waals surface area (Å²) < 4.78 is 0. The summed E-state index contributed by atoms with van der Waals surface area (Å²) in [6.07, 6.45) is 7.21. The van der Waals surface area contributed by atoms with Crippen molar-refractivity contribution in [3.8, 4) is 0 Å². The van der Waals surface area contributed by atoms with Gasteiger partial charge in [-0.3, -0.25) is 5.10 Å². The average molecular weight is 258 g/mol. The maximum Gasteiger partial charge on any atom is 0.226 e. The molecule has 6 heteroatoms. The van der Waals surface area contributed by atoms with E-state index < -0.39 is 0 Å². The summed E-state index contributed by atoms with van der Waals surface area (Å²) in [6, 6.07) is 0.581. The van der Waals surface area contributed by atoms with Gasteiger partial charge in [0, 0.05) is 13.1 Å². The fourth-order valence-electron chi connectivity index (χ4n) is 2.75. The van der Waals surface area contributed by atoms with E-state index in [1.54, 1.807) is 6.20 Å². The van der Waals surface area contributed by atoms with Gasteiger partial charge in [0.15, 0.2) is 5.65 Å². The highest BCUT2D eigenvalue weighted by Crippen LogP contribution is 2.46. The molecule has 0 bridgehead atoms. The highest BCUT2D eigenvalue weighted by Gasteiger charge is 2.41. The van der Waals surface area contributed by atoms with E-state index in [-0.39, 0.29) is 0 Å². The van der Waals surface area contributed by atoms with Gasteiger partial charge in [-0.1, -0.05) is 0 Å². The largest absolute Gasteiger partial charge is 0.366 e. The monoisotopic (exact) mass is 258 g/mol. The molecule has 3 N–H and O–H groups in total. The molecule has 0 aromatic carbocycles. The quantitative estimate of drug-likeness (QED) is 0.764. The summed E-state index contributed by atoms with van der Waals surface area (Å²) >= 11 is 0. The van der Waals surface area contributed by atoms with Gasteiger partial charge in [0.2, 0.25) is 5.95 Å². The molecule has 19 heavy (non-hydrogen) atoms. The van der Waals surface area contributed by atoms with Gasteiger partial charge in [-0.05, 0) is 37.5 Å². The molecule has 2 aliphatic carbocycles. The third-order valence-corrected chi connectivity index (χ3v) is 4.10. The molecule has 6 nitrogen and oxygen atoms in total. The number of nitrogens with zero attached hydrogens (tertiary/aromatic N) is 3. The van der Waals surface area contributed by atoms with Crippen LogP contribution in [0.15, 0.2) is 6.20 Å². The van der Waals surface area contributed by atoms with Crippen LogP contribution < -0.4 is 10.6 Å². The predicted octanol–water partition coefficient (Wildman–Crippen LogP) is 2.00. The molecular weight excluding hydrogens is 240 g/mol. The first kappa shape index (κ1) is 11.0. The van der Waals surface area contributed by atoms with Gasteiger partial charge < -0.3 is 10.6 Å². The number of hydrogen-bond donors (Lipinski definition) is 3. The molecule has 2 saturated carbocycles. The van der Waals surface area contributed by atoms with E-state index in [0.717, 1.165) is 28.7 Å². The molecule has 2 heterocycles. The summed E-state index contributed by atoms with van der Waals surface area (Å²) in [5.41, 5.74) is 0.784. The van der Waals surface area contributed by atoms with Gasteiger partial charge >= 0.3 is 0 Å². The Labute approximate surface area is 111 Å². The van der Waals surface area contributed by atoms with E-state index in [2.05, 4.69) is 30.8 Å². The van der Waals surface area contributed by atoms with Crippen LogP contribution >= 0.6 is 0 Å². The van der Waals surface area contributed by atoms with Crippen LogP contribution in [-0.4, -0.2) is 33.3 Å². The van der Waals surface area contributed by atoms with E-state index in [0.29, 0.717) is 12.0 Å². The third kappa shape index (κ3) is 2.01. The lowest BCUT2D eigenvalue weighted by molar-refractivity contribution is 0.566. The van der Waals surface area contributed by atoms with Crippen molar-refractivity contribution in [2.45, 2.75) is 31.7 Å². The molecule has 2 aromatic rings. The second-order valence-corrected chi connectivity index (χ2v) is 5.62. The van der Waals surface area contributed by atoms with Crippen LogP contribution in [0, 0.1) is 11.8 Å². The first-order valence-electron chi connectivity index (χ1n) is 7.00. The summed E-state index contributed by atoms with van der Waals surface area (Å²) in [6.45, 7) is 0. The molecule has 4 rings (SSSR count). The number of nitrogens with one attached hydrogen (secondary N) is 3. The zero-order valence-corrected chi connectivity index (χ0v) is 11.0. The van der Waals surface area contributed by atoms with Gasteiger partial charge in [-0.25, -0.2) is 0 Å². The van der Waals surface area contributed by atoms with Crippen molar-refractivity contribution in [1.29, 1.82) is 0 Å². The number of H-pyrrole nitrogens is 1. The second kappa shape index (κ2) is 4.08. The Balaban J connectivity index is 1.70. The minimum atomic E-state index is 0.581. The molecule has 2 fully saturated rings. The summed E-state index contributed by atoms with van der Waals surface area (Å²) in [4.78, 5) is 8.92. The van der Waals surface area contributed by atoms with Crippen molar-refractivity contribution >= 4 is 22.8 Å². The number of fused-ring (bicyclic) bond motifs is 1. The number of anilines is 2. The van der Waals surface area contributed by atoms with Crippen molar-refractivity contribution in [2.24, 2.45) is 11.8 Å². The Morgan fingerprint density at radius 1 is 1.21 bits per heavy atom. The van der Waals surface area contributed by atoms with Gasteiger partial charge in [0.1, 0.15) is 5.82 Å². The van der Waals surface area contributed by atoms with Crippen molar-refractivity contribution in [1.82, 2.24) is 20.2 Å². The topological polar surface area (TPSA) is 78.5 Å². The second-order valence-electron chi connectivity index (χ2n) is 5.62. The van der Waals surface area contributed by atoms with Crippen LogP contribution in [-0.2, 0) is 0 Å². The van der Waals surface area contributed by atoms with Crippen LogP contribution in [0.5, 0.6) is 0 Å². The molecular formula is C13H18N6. The van der Waals surface area contributed by atoms with Gasteiger partial charge in [0.25, 0.3) is 0 Å². The van der Waals surface area contributed by atoms with Crippen molar-refractivity contribution in [3.05, 3.63) is 6.20 Å². The van der Waals surface area contributed by atoms with Crippen LogP contribution in [0.1, 0.15) is 25.7 Å². The molecule has 0 spiro atoms. The highest BCUT2D eigenvalue weighted by molar-refractivity contribution is 5.87. The third-order valence-electron chi connectivity index (χ3n) is 4.10. The Kier molecular flexibility index (Phi) is 2.36. The standard InChI is InChI=1S/C13H18N6/c1-14-13-17-11(9-6-15-19-12(9)18-13)16-10(7-2-3-7)8-4-5-8/h6-8,10H,2-5H2,1H3,(H3,14,15,16,17,18,19). The number of rotatable bonds is 5. The van der Waals surface area contributed by atoms with Crippen LogP contribution in [0.25, 0.3) is 11.0 Å². The molecule has 2 aliphatic rings. The molecule has 0 saturated heterocycles. The van der Waals surface area contributed by atoms with E-state index >= 15 is 0 Å². The Bertz CT molecular complexity index is 586. The summed E-state index contributed by atoms with van der Waals surface area (Å²) in [7, 11) is 1.83. The van der Waals surface area contributed by atoms with Crippen LogP contribution in [0.2, 0.25) is 0 Å². The molecule has 100 valence electrons. The Morgan fingerprint density at radius 3 is 2.58 bits per heavy atom. The normalized spacial score (nSPS) is 19.1. The fourth-order valence-corrected chi connectivity index (χ4v) is 2.75. The average Bonchev–Trinajstić information content (AvgIpc) is 3.33. The molecule has 0 atom stereocenters. The predicted molar refractivity (Wildman–Crippen MR) is 74.1 cm³/mol. The minimum Gasteiger partial charge on any atom is -0.366 e. The van der Waals surface area contributed by atoms with Gasteiger partial charge in [-0.2, -0.15) is 15.1 Å². The van der Waals surface area contributed by atoms with Crippen molar-refractivity contribution in [3.63, 3.8) is 0 Å². The van der Waals surface area contributed by atoms with Crippen molar-refractivity contribution < 1.29 is 0 Å². The summed E-state index contributed by atoms with van der Waals surface area (Å²) in [5.74, 6) is 3.21. The number of aromatic nitrogens is 4. The first-order chi connectivity index (χ1) is 9.35. The maximum atomic E-state index is 4.56. The maximum absolute atomic E-state index is 4.56. The Hall–Kier alpha value is -1.85. The molecule has 0 unspecified atom stereocenters. The highest BCUT2D eigenvalue weighted by atomic mass is 15.2. The number of aromatic amines is 1. The van der Waals surface area contributed by atoms with Gasteiger partial charge in [0.05, 0.1) is 11.6 Å².